The number of hydrogen-bond donors (Lipinski definition) is 1. The van der Waals surface area contributed by atoms with Crippen LogP contribution >= 0.6 is 0 Å². The topological polar surface area (TPSA) is 69.2 Å². The fourth-order valence-electron chi connectivity index (χ4n) is 2.03. The number of carbonyl (C=O) groups is 1. The van der Waals surface area contributed by atoms with Gasteiger partial charge < -0.3 is 14.2 Å². The van der Waals surface area contributed by atoms with E-state index in [4.69, 9.17) is 14.2 Å². The summed E-state index contributed by atoms with van der Waals surface area (Å²) in [7, 11) is 3.15. The first-order chi connectivity index (χ1) is 11.7. The highest BCUT2D eigenvalue weighted by atomic mass is 16.5. The van der Waals surface area contributed by atoms with Gasteiger partial charge in [0.25, 0.3) is 5.91 Å². The molecule has 0 saturated heterocycles. The molecule has 2 aromatic carbocycles. The molecule has 126 valence electrons. The quantitative estimate of drug-likeness (QED) is 0.627. The predicted octanol–water partition coefficient (Wildman–Crippen LogP) is 2.87. The van der Waals surface area contributed by atoms with Gasteiger partial charge in [0, 0.05) is 11.1 Å². The minimum absolute atomic E-state index is 0.309. The van der Waals surface area contributed by atoms with E-state index in [0.29, 0.717) is 29.2 Å². The first-order valence-corrected chi connectivity index (χ1v) is 7.46. The summed E-state index contributed by atoms with van der Waals surface area (Å²) in [5, 5.41) is 3.97. The highest BCUT2D eigenvalue weighted by Crippen LogP contribution is 2.22. The van der Waals surface area contributed by atoms with Crippen LogP contribution in [0, 0.1) is 0 Å². The Morgan fingerprint density at radius 2 is 1.79 bits per heavy atom. The van der Waals surface area contributed by atoms with Crippen molar-refractivity contribution in [2.45, 2.75) is 6.92 Å². The fourth-order valence-corrected chi connectivity index (χ4v) is 2.03. The molecule has 6 nitrogen and oxygen atoms in total. The standard InChI is InChI=1S/C18H20N2O4/c1-4-24-15-7-5-13(6-8-15)18(21)20-19-12-14-11-16(22-2)9-10-17(14)23-3/h5-12H,4H2,1-3H3,(H,20,21)/b19-12+. The maximum absolute atomic E-state index is 12.1. The van der Waals surface area contributed by atoms with Gasteiger partial charge in [-0.3, -0.25) is 4.79 Å². The van der Waals surface area contributed by atoms with E-state index in [1.165, 1.54) is 6.21 Å². The summed E-state index contributed by atoms with van der Waals surface area (Å²) < 4.78 is 15.8. The van der Waals surface area contributed by atoms with Gasteiger partial charge in [-0.1, -0.05) is 0 Å². The van der Waals surface area contributed by atoms with Crippen LogP contribution in [0.2, 0.25) is 0 Å². The third kappa shape index (κ3) is 4.49. The van der Waals surface area contributed by atoms with Gasteiger partial charge in [-0.2, -0.15) is 5.10 Å². The van der Waals surface area contributed by atoms with E-state index < -0.39 is 0 Å². The summed E-state index contributed by atoms with van der Waals surface area (Å²) in [6.45, 7) is 2.49. The molecule has 1 N–H and O–H groups in total. The molecule has 0 unspecified atom stereocenters. The summed E-state index contributed by atoms with van der Waals surface area (Å²) in [6, 6.07) is 12.2. The molecule has 0 saturated carbocycles. The van der Waals surface area contributed by atoms with Crippen molar-refractivity contribution in [3.05, 3.63) is 53.6 Å². The van der Waals surface area contributed by atoms with E-state index in [-0.39, 0.29) is 5.91 Å². The molecule has 2 rings (SSSR count). The van der Waals surface area contributed by atoms with Crippen LogP contribution in [0.4, 0.5) is 0 Å². The molecule has 6 heteroatoms. The Bertz CT molecular complexity index is 711. The normalized spacial score (nSPS) is 10.5. The number of methoxy groups -OCH3 is 2. The molecule has 0 fully saturated rings. The molecular weight excluding hydrogens is 308 g/mol. The molecule has 0 bridgehead atoms. The smallest absolute Gasteiger partial charge is 0.271 e. The van der Waals surface area contributed by atoms with E-state index in [2.05, 4.69) is 10.5 Å². The number of carbonyl (C=O) groups excluding carboxylic acids is 1. The molecule has 24 heavy (non-hydrogen) atoms. The number of rotatable bonds is 7. The number of nitrogens with zero attached hydrogens (tertiary/aromatic N) is 1. The second-order valence-corrected chi connectivity index (χ2v) is 4.76. The molecule has 0 aliphatic carbocycles. The Morgan fingerprint density at radius 3 is 2.42 bits per heavy atom. The Morgan fingerprint density at radius 1 is 1.08 bits per heavy atom. The molecule has 0 radical (unpaired) electrons. The molecule has 0 aromatic heterocycles. The Kier molecular flexibility index (Phi) is 6.19. The zero-order valence-electron chi connectivity index (χ0n) is 13.9. The predicted molar refractivity (Wildman–Crippen MR) is 92.2 cm³/mol. The third-order valence-corrected chi connectivity index (χ3v) is 3.23. The van der Waals surface area contributed by atoms with Gasteiger partial charge in [0.15, 0.2) is 0 Å². The molecule has 2 aromatic rings. The lowest BCUT2D eigenvalue weighted by atomic mass is 10.2. The zero-order chi connectivity index (χ0) is 17.4. The minimum Gasteiger partial charge on any atom is -0.497 e. The monoisotopic (exact) mass is 328 g/mol. The Hall–Kier alpha value is -3.02. The number of benzene rings is 2. The summed E-state index contributed by atoms with van der Waals surface area (Å²) in [5.74, 6) is 1.72. The first-order valence-electron chi connectivity index (χ1n) is 7.46. The van der Waals surface area contributed by atoms with Crippen LogP contribution in [-0.2, 0) is 0 Å². The summed E-state index contributed by atoms with van der Waals surface area (Å²) in [5.41, 5.74) is 3.67. The first kappa shape index (κ1) is 17.3. The number of hydrogen-bond acceptors (Lipinski definition) is 5. The van der Waals surface area contributed by atoms with Crippen molar-refractivity contribution in [1.82, 2.24) is 5.43 Å². The van der Waals surface area contributed by atoms with Crippen molar-refractivity contribution in [1.29, 1.82) is 0 Å². The lowest BCUT2D eigenvalue weighted by molar-refractivity contribution is 0.0955. The van der Waals surface area contributed by atoms with E-state index >= 15 is 0 Å². The lowest BCUT2D eigenvalue weighted by Gasteiger charge is -2.07. The maximum Gasteiger partial charge on any atom is 0.271 e. The van der Waals surface area contributed by atoms with Crippen LogP contribution in [0.5, 0.6) is 17.2 Å². The van der Waals surface area contributed by atoms with Crippen molar-refractivity contribution in [2.75, 3.05) is 20.8 Å². The average Bonchev–Trinajstić information content (AvgIpc) is 2.62. The van der Waals surface area contributed by atoms with Gasteiger partial charge in [0.2, 0.25) is 0 Å². The zero-order valence-corrected chi connectivity index (χ0v) is 13.9. The van der Waals surface area contributed by atoms with Gasteiger partial charge in [0.05, 0.1) is 27.0 Å². The van der Waals surface area contributed by atoms with Crippen LogP contribution in [-0.4, -0.2) is 32.9 Å². The number of hydrazone groups is 1. The van der Waals surface area contributed by atoms with Crippen LogP contribution in [0.25, 0.3) is 0 Å². The second kappa shape index (κ2) is 8.57. The number of amides is 1. The van der Waals surface area contributed by atoms with E-state index in [1.807, 2.05) is 6.92 Å². The Balaban J connectivity index is 2.04. The van der Waals surface area contributed by atoms with Crippen LogP contribution in [0.1, 0.15) is 22.8 Å². The molecule has 0 heterocycles. The fraction of sp³-hybridized carbons (Fsp3) is 0.222. The van der Waals surface area contributed by atoms with Gasteiger partial charge in [-0.05, 0) is 49.4 Å². The molecule has 0 atom stereocenters. The van der Waals surface area contributed by atoms with E-state index in [0.717, 1.165) is 5.75 Å². The second-order valence-electron chi connectivity index (χ2n) is 4.76. The minimum atomic E-state index is -0.309. The van der Waals surface area contributed by atoms with Gasteiger partial charge in [0.1, 0.15) is 17.2 Å². The molecule has 0 aliphatic heterocycles. The van der Waals surface area contributed by atoms with Crippen molar-refractivity contribution >= 4 is 12.1 Å². The third-order valence-electron chi connectivity index (χ3n) is 3.23. The SMILES string of the molecule is CCOc1ccc(C(=O)N/N=C/c2cc(OC)ccc2OC)cc1. The molecule has 1 amide bonds. The maximum atomic E-state index is 12.1. The van der Waals surface area contributed by atoms with Crippen molar-refractivity contribution in [3.8, 4) is 17.2 Å². The highest BCUT2D eigenvalue weighted by Gasteiger charge is 2.05. The van der Waals surface area contributed by atoms with Gasteiger partial charge >= 0.3 is 0 Å². The van der Waals surface area contributed by atoms with Gasteiger partial charge in [-0.25, -0.2) is 5.43 Å². The molecule has 0 spiro atoms. The van der Waals surface area contributed by atoms with Crippen molar-refractivity contribution in [2.24, 2.45) is 5.10 Å². The lowest BCUT2D eigenvalue weighted by Crippen LogP contribution is -2.17. The van der Waals surface area contributed by atoms with Gasteiger partial charge in [-0.15, -0.1) is 0 Å². The summed E-state index contributed by atoms with van der Waals surface area (Å²) in [4.78, 5) is 12.1. The molecular formula is C18H20N2O4. The van der Waals surface area contributed by atoms with Crippen LogP contribution in [0.3, 0.4) is 0 Å². The number of ether oxygens (including phenoxy) is 3. The molecule has 0 aliphatic rings. The number of nitrogens with one attached hydrogen (secondary N) is 1. The highest BCUT2D eigenvalue weighted by molar-refractivity contribution is 5.95. The summed E-state index contributed by atoms with van der Waals surface area (Å²) >= 11 is 0. The van der Waals surface area contributed by atoms with Crippen molar-refractivity contribution < 1.29 is 19.0 Å². The van der Waals surface area contributed by atoms with Crippen LogP contribution in [0.15, 0.2) is 47.6 Å². The Labute approximate surface area is 141 Å². The van der Waals surface area contributed by atoms with Crippen LogP contribution < -0.4 is 19.6 Å². The average molecular weight is 328 g/mol. The van der Waals surface area contributed by atoms with E-state index in [9.17, 15) is 4.79 Å². The largest absolute Gasteiger partial charge is 0.497 e. The van der Waals surface area contributed by atoms with E-state index in [1.54, 1.807) is 56.7 Å². The summed E-state index contributed by atoms with van der Waals surface area (Å²) in [6.07, 6.45) is 1.51. The van der Waals surface area contributed by atoms with Crippen molar-refractivity contribution in [3.63, 3.8) is 0 Å².